The average molecular weight is 372 g/mol. The lowest BCUT2D eigenvalue weighted by Gasteiger charge is -2.28. The molecule has 3 aliphatic rings. The number of hydrogen-bond donors (Lipinski definition) is 1. The van der Waals surface area contributed by atoms with Gasteiger partial charge in [-0.15, -0.1) is 0 Å². The second kappa shape index (κ2) is 6.55. The van der Waals surface area contributed by atoms with Gasteiger partial charge in [0.15, 0.2) is 0 Å². The SMILES string of the molecule is Cc1c(C2CCCCC2)noc1NC(=O)[C@H]1[C@@H](C(F)(F)F)[C@H]2CC[C@H]1O2. The van der Waals surface area contributed by atoms with Crippen molar-refractivity contribution in [2.45, 2.75) is 76.2 Å². The molecule has 1 aromatic rings. The standard InChI is InChI=1S/C18H23F3N2O3/c1-9-15(10-5-3-2-4-6-10)23-26-17(9)22-16(24)13-11-7-8-12(25-11)14(13)18(19,20)21/h10-14H,2-8H2,1H3,(H,22,24)/t11-,12-,13-,14+/m1/s1. The van der Waals surface area contributed by atoms with Crippen molar-refractivity contribution in [3.63, 3.8) is 0 Å². The molecule has 2 aliphatic heterocycles. The molecular weight excluding hydrogens is 349 g/mol. The van der Waals surface area contributed by atoms with Crippen molar-refractivity contribution in [2.75, 3.05) is 5.32 Å². The van der Waals surface area contributed by atoms with Crippen molar-refractivity contribution >= 4 is 11.8 Å². The molecule has 0 spiro atoms. The Bertz CT molecular complexity index is 682. The highest BCUT2D eigenvalue weighted by Gasteiger charge is 2.62. The normalized spacial score (nSPS) is 32.2. The average Bonchev–Trinajstić information content (AvgIpc) is 3.30. The van der Waals surface area contributed by atoms with Crippen molar-refractivity contribution in [2.24, 2.45) is 11.8 Å². The molecule has 1 aromatic heterocycles. The maximum absolute atomic E-state index is 13.4. The van der Waals surface area contributed by atoms with Gasteiger partial charge in [-0.1, -0.05) is 24.4 Å². The molecule has 2 bridgehead atoms. The summed E-state index contributed by atoms with van der Waals surface area (Å²) in [6, 6.07) is 0. The number of rotatable bonds is 3. The van der Waals surface area contributed by atoms with E-state index in [9.17, 15) is 18.0 Å². The number of fused-ring (bicyclic) bond motifs is 2. The molecule has 26 heavy (non-hydrogen) atoms. The number of alkyl halides is 3. The molecule has 3 heterocycles. The Hall–Kier alpha value is -1.57. The Kier molecular flexibility index (Phi) is 4.49. The van der Waals surface area contributed by atoms with Gasteiger partial charge in [0.25, 0.3) is 0 Å². The number of anilines is 1. The molecule has 3 fully saturated rings. The monoisotopic (exact) mass is 372 g/mol. The maximum Gasteiger partial charge on any atom is 0.395 e. The van der Waals surface area contributed by atoms with E-state index in [1.165, 1.54) is 6.42 Å². The Morgan fingerprint density at radius 1 is 1.12 bits per heavy atom. The van der Waals surface area contributed by atoms with E-state index in [1.807, 2.05) is 0 Å². The first-order chi connectivity index (χ1) is 12.4. The largest absolute Gasteiger partial charge is 0.395 e. The number of ether oxygens (including phenoxy) is 1. The zero-order chi connectivity index (χ0) is 18.5. The zero-order valence-electron chi connectivity index (χ0n) is 14.6. The third kappa shape index (κ3) is 3.02. The number of nitrogens with one attached hydrogen (secondary N) is 1. The van der Waals surface area contributed by atoms with Gasteiger partial charge in [0, 0.05) is 11.5 Å². The fourth-order valence-corrected chi connectivity index (χ4v) is 4.84. The minimum Gasteiger partial charge on any atom is -0.373 e. The second-order valence-corrected chi connectivity index (χ2v) is 7.73. The summed E-state index contributed by atoms with van der Waals surface area (Å²) in [5.41, 5.74) is 1.54. The molecule has 144 valence electrons. The maximum atomic E-state index is 13.4. The van der Waals surface area contributed by atoms with Crippen LogP contribution in [0.2, 0.25) is 0 Å². The van der Waals surface area contributed by atoms with Crippen LogP contribution in [-0.4, -0.2) is 29.4 Å². The highest BCUT2D eigenvalue weighted by molar-refractivity contribution is 5.93. The summed E-state index contributed by atoms with van der Waals surface area (Å²) >= 11 is 0. The van der Waals surface area contributed by atoms with Crippen LogP contribution in [0.15, 0.2) is 4.52 Å². The van der Waals surface area contributed by atoms with Gasteiger partial charge in [-0.2, -0.15) is 13.2 Å². The van der Waals surface area contributed by atoms with E-state index in [0.717, 1.165) is 36.9 Å². The van der Waals surface area contributed by atoms with Crippen molar-refractivity contribution < 1.29 is 27.2 Å². The van der Waals surface area contributed by atoms with Crippen LogP contribution in [0.3, 0.4) is 0 Å². The Labute approximate surface area is 149 Å². The van der Waals surface area contributed by atoms with E-state index in [2.05, 4.69) is 10.5 Å². The molecule has 4 rings (SSSR count). The topological polar surface area (TPSA) is 64.4 Å². The molecule has 1 N–H and O–H groups in total. The van der Waals surface area contributed by atoms with Gasteiger partial charge in [0.2, 0.25) is 11.8 Å². The number of carbonyl (C=O) groups excluding carboxylic acids is 1. The number of carbonyl (C=O) groups is 1. The predicted octanol–water partition coefficient (Wildman–Crippen LogP) is 4.33. The molecule has 1 aliphatic carbocycles. The van der Waals surface area contributed by atoms with Crippen molar-refractivity contribution in [1.82, 2.24) is 5.16 Å². The predicted molar refractivity (Wildman–Crippen MR) is 86.6 cm³/mol. The molecule has 8 heteroatoms. The molecule has 0 radical (unpaired) electrons. The first kappa shape index (κ1) is 17.8. The van der Waals surface area contributed by atoms with Crippen LogP contribution in [0.1, 0.15) is 62.1 Å². The van der Waals surface area contributed by atoms with Gasteiger partial charge in [-0.25, -0.2) is 0 Å². The molecule has 0 aromatic carbocycles. The molecule has 2 saturated heterocycles. The zero-order valence-corrected chi connectivity index (χ0v) is 14.6. The summed E-state index contributed by atoms with van der Waals surface area (Å²) in [7, 11) is 0. The summed E-state index contributed by atoms with van der Waals surface area (Å²) in [4.78, 5) is 12.6. The number of halogens is 3. The highest BCUT2D eigenvalue weighted by Crippen LogP contribution is 2.51. The van der Waals surface area contributed by atoms with Crippen LogP contribution in [0.5, 0.6) is 0 Å². The lowest BCUT2D eigenvalue weighted by molar-refractivity contribution is -0.196. The van der Waals surface area contributed by atoms with Gasteiger partial charge in [0.1, 0.15) is 0 Å². The summed E-state index contributed by atoms with van der Waals surface area (Å²) in [5.74, 6) is -3.20. The lowest BCUT2D eigenvalue weighted by atomic mass is 9.78. The van der Waals surface area contributed by atoms with Crippen LogP contribution >= 0.6 is 0 Å². The smallest absolute Gasteiger partial charge is 0.373 e. The number of nitrogens with zero attached hydrogens (tertiary/aromatic N) is 1. The first-order valence-corrected chi connectivity index (χ1v) is 9.35. The summed E-state index contributed by atoms with van der Waals surface area (Å²) in [5, 5.41) is 6.64. The molecular formula is C18H23F3N2O3. The van der Waals surface area contributed by atoms with Crippen LogP contribution in [-0.2, 0) is 9.53 Å². The Balaban J connectivity index is 1.50. The first-order valence-electron chi connectivity index (χ1n) is 9.35. The fourth-order valence-electron chi connectivity index (χ4n) is 4.84. The Morgan fingerprint density at radius 2 is 1.81 bits per heavy atom. The van der Waals surface area contributed by atoms with Crippen molar-refractivity contribution in [3.8, 4) is 0 Å². The van der Waals surface area contributed by atoms with Crippen molar-refractivity contribution in [3.05, 3.63) is 11.3 Å². The summed E-state index contributed by atoms with van der Waals surface area (Å²) in [6.07, 6.45) is 0.323. The molecule has 1 saturated carbocycles. The van der Waals surface area contributed by atoms with Crippen LogP contribution < -0.4 is 5.32 Å². The van der Waals surface area contributed by atoms with E-state index >= 15 is 0 Å². The highest BCUT2D eigenvalue weighted by atomic mass is 19.4. The van der Waals surface area contributed by atoms with Gasteiger partial charge in [-0.05, 0) is 32.6 Å². The van der Waals surface area contributed by atoms with E-state index in [0.29, 0.717) is 18.8 Å². The molecule has 4 atom stereocenters. The third-order valence-electron chi connectivity index (χ3n) is 6.14. The Morgan fingerprint density at radius 3 is 2.50 bits per heavy atom. The van der Waals surface area contributed by atoms with Crippen molar-refractivity contribution in [1.29, 1.82) is 0 Å². The van der Waals surface area contributed by atoms with Gasteiger partial charge in [-0.3, -0.25) is 10.1 Å². The minimum atomic E-state index is -4.45. The van der Waals surface area contributed by atoms with Gasteiger partial charge >= 0.3 is 6.18 Å². The number of hydrogen-bond acceptors (Lipinski definition) is 4. The van der Waals surface area contributed by atoms with Crippen LogP contribution in [0.25, 0.3) is 0 Å². The van der Waals surface area contributed by atoms with E-state index in [4.69, 9.17) is 9.26 Å². The molecule has 0 unspecified atom stereocenters. The second-order valence-electron chi connectivity index (χ2n) is 7.73. The van der Waals surface area contributed by atoms with Gasteiger partial charge < -0.3 is 9.26 Å². The van der Waals surface area contributed by atoms with E-state index in [1.54, 1.807) is 6.92 Å². The fraction of sp³-hybridized carbons (Fsp3) is 0.778. The quantitative estimate of drug-likeness (QED) is 0.858. The summed E-state index contributed by atoms with van der Waals surface area (Å²) in [6.45, 7) is 1.80. The molecule has 1 amide bonds. The van der Waals surface area contributed by atoms with Gasteiger partial charge in [0.05, 0.1) is 29.7 Å². The third-order valence-corrected chi connectivity index (χ3v) is 6.14. The number of amides is 1. The molecule has 5 nitrogen and oxygen atoms in total. The summed E-state index contributed by atoms with van der Waals surface area (Å²) < 4.78 is 50.9. The minimum absolute atomic E-state index is 0.166. The van der Waals surface area contributed by atoms with E-state index < -0.39 is 36.1 Å². The number of aromatic nitrogens is 1. The lowest BCUT2D eigenvalue weighted by Crippen LogP contribution is -2.44. The van der Waals surface area contributed by atoms with Crippen LogP contribution in [0, 0.1) is 18.8 Å². The van der Waals surface area contributed by atoms with E-state index in [-0.39, 0.29) is 5.88 Å². The van der Waals surface area contributed by atoms with Crippen LogP contribution in [0.4, 0.5) is 19.1 Å².